The van der Waals surface area contributed by atoms with E-state index in [1.807, 2.05) is 4.90 Å². The first-order chi connectivity index (χ1) is 12.9. The predicted molar refractivity (Wildman–Crippen MR) is 98.2 cm³/mol. The van der Waals surface area contributed by atoms with E-state index in [4.69, 9.17) is 4.74 Å². The summed E-state index contributed by atoms with van der Waals surface area (Å²) in [4.78, 5) is 16.9. The first-order valence-corrected chi connectivity index (χ1v) is 11.2. The number of likely N-dealkylation sites (tertiary alicyclic amines) is 1. The number of amides is 1. The molecule has 1 aromatic carbocycles. The molecule has 0 aliphatic carbocycles. The van der Waals surface area contributed by atoms with Crippen molar-refractivity contribution < 1.29 is 22.3 Å². The Morgan fingerprint density at radius 1 is 1.15 bits per heavy atom. The zero-order valence-electron chi connectivity index (χ0n) is 15.2. The molecule has 3 aliphatic heterocycles. The molecule has 0 saturated carbocycles. The van der Waals surface area contributed by atoms with Crippen LogP contribution in [0.1, 0.15) is 12.0 Å². The lowest BCUT2D eigenvalue weighted by Crippen LogP contribution is -2.50. The fraction of sp³-hybridized carbons (Fsp3) is 0.632. The third kappa shape index (κ3) is 3.88. The van der Waals surface area contributed by atoms with Crippen LogP contribution >= 0.6 is 0 Å². The van der Waals surface area contributed by atoms with Crippen molar-refractivity contribution in [3.63, 3.8) is 0 Å². The third-order valence-corrected chi connectivity index (χ3v) is 8.26. The van der Waals surface area contributed by atoms with Crippen LogP contribution in [0.15, 0.2) is 24.3 Å². The number of nitrogens with zero attached hydrogens (tertiary/aromatic N) is 2. The molecule has 0 spiro atoms. The zero-order valence-corrected chi connectivity index (χ0v) is 16.0. The normalized spacial score (nSPS) is 30.9. The molecule has 3 saturated heterocycles. The molecule has 3 heterocycles. The first kappa shape index (κ1) is 18.8. The van der Waals surface area contributed by atoms with Crippen molar-refractivity contribution in [2.24, 2.45) is 11.8 Å². The van der Waals surface area contributed by atoms with Crippen LogP contribution in [0, 0.1) is 17.7 Å². The standard InChI is InChI=1S/C19H25FN2O4S/c20-15-3-1-14(2-4-15)11-21-12-17-16(5-10-27(24,25)18(17)13-21)19(23)22-6-8-26-9-7-22/h1-4,16-18H,5-13H2/t16-,17-,18-/m1/s1. The van der Waals surface area contributed by atoms with E-state index in [0.29, 0.717) is 52.4 Å². The number of sulfone groups is 1. The van der Waals surface area contributed by atoms with Gasteiger partial charge in [-0.2, -0.15) is 0 Å². The molecule has 3 fully saturated rings. The number of ether oxygens (including phenoxy) is 1. The van der Waals surface area contributed by atoms with Gasteiger partial charge < -0.3 is 9.64 Å². The number of fused-ring (bicyclic) bond motifs is 1. The quantitative estimate of drug-likeness (QED) is 0.760. The molecule has 0 bridgehead atoms. The molecule has 4 rings (SSSR count). The van der Waals surface area contributed by atoms with Crippen LogP contribution in [0.2, 0.25) is 0 Å². The Kier molecular flexibility index (Phi) is 5.22. The zero-order chi connectivity index (χ0) is 19.0. The van der Waals surface area contributed by atoms with E-state index in [9.17, 15) is 17.6 Å². The van der Waals surface area contributed by atoms with E-state index in [1.165, 1.54) is 12.1 Å². The summed E-state index contributed by atoms with van der Waals surface area (Å²) in [6.45, 7) is 3.85. The second kappa shape index (κ2) is 7.48. The van der Waals surface area contributed by atoms with Gasteiger partial charge in [0.25, 0.3) is 0 Å². The van der Waals surface area contributed by atoms with E-state index < -0.39 is 15.1 Å². The highest BCUT2D eigenvalue weighted by Gasteiger charge is 2.51. The highest BCUT2D eigenvalue weighted by atomic mass is 32.2. The van der Waals surface area contributed by atoms with Gasteiger partial charge in [-0.25, -0.2) is 12.8 Å². The van der Waals surface area contributed by atoms with Crippen molar-refractivity contribution >= 4 is 15.7 Å². The number of hydrogen-bond acceptors (Lipinski definition) is 5. The van der Waals surface area contributed by atoms with Crippen molar-refractivity contribution in [1.29, 1.82) is 0 Å². The van der Waals surface area contributed by atoms with E-state index in [0.717, 1.165) is 5.56 Å². The van der Waals surface area contributed by atoms with Gasteiger partial charge in [-0.1, -0.05) is 12.1 Å². The molecular weight excluding hydrogens is 371 g/mol. The van der Waals surface area contributed by atoms with Crippen LogP contribution in [0.3, 0.4) is 0 Å². The van der Waals surface area contributed by atoms with Gasteiger partial charge >= 0.3 is 0 Å². The summed E-state index contributed by atoms with van der Waals surface area (Å²) >= 11 is 0. The molecule has 27 heavy (non-hydrogen) atoms. The minimum Gasteiger partial charge on any atom is -0.378 e. The number of carbonyl (C=O) groups excluding carboxylic acids is 1. The van der Waals surface area contributed by atoms with Gasteiger partial charge in [0.1, 0.15) is 5.82 Å². The summed E-state index contributed by atoms with van der Waals surface area (Å²) in [5, 5.41) is -0.485. The fourth-order valence-corrected chi connectivity index (χ4v) is 6.74. The smallest absolute Gasteiger partial charge is 0.226 e. The highest BCUT2D eigenvalue weighted by molar-refractivity contribution is 7.92. The Bertz CT molecular complexity index is 792. The Morgan fingerprint density at radius 3 is 2.56 bits per heavy atom. The summed E-state index contributed by atoms with van der Waals surface area (Å²) in [5.74, 6) is -0.534. The Hall–Kier alpha value is -1.51. The van der Waals surface area contributed by atoms with Gasteiger partial charge in [0.05, 0.1) is 24.2 Å². The van der Waals surface area contributed by atoms with Crippen LogP contribution in [0.5, 0.6) is 0 Å². The SMILES string of the molecule is O=C([C@@H]1CCS(=O)(=O)[C@@H]2CN(Cc3ccc(F)cc3)C[C@@H]21)N1CCOCC1. The molecule has 1 amide bonds. The largest absolute Gasteiger partial charge is 0.378 e. The predicted octanol–water partition coefficient (Wildman–Crippen LogP) is 0.920. The lowest BCUT2D eigenvalue weighted by molar-refractivity contribution is -0.141. The third-order valence-electron chi connectivity index (χ3n) is 6.04. The Balaban J connectivity index is 1.50. The fourth-order valence-electron chi connectivity index (χ4n) is 4.60. The minimum atomic E-state index is -3.19. The van der Waals surface area contributed by atoms with Crippen molar-refractivity contribution in [3.8, 4) is 0 Å². The minimum absolute atomic E-state index is 0.0758. The Labute approximate surface area is 159 Å². The number of rotatable bonds is 3. The molecule has 0 aromatic heterocycles. The van der Waals surface area contributed by atoms with Gasteiger partial charge in [-0.05, 0) is 24.1 Å². The molecule has 148 valence electrons. The molecule has 3 aliphatic rings. The summed E-state index contributed by atoms with van der Waals surface area (Å²) in [6, 6.07) is 6.28. The molecule has 0 radical (unpaired) electrons. The maximum atomic E-state index is 13.1. The number of benzene rings is 1. The van der Waals surface area contributed by atoms with Crippen LogP contribution in [-0.2, 0) is 25.9 Å². The lowest BCUT2D eigenvalue weighted by Gasteiger charge is -2.36. The molecule has 8 heteroatoms. The van der Waals surface area contributed by atoms with Crippen LogP contribution in [0.25, 0.3) is 0 Å². The summed E-state index contributed by atoms with van der Waals surface area (Å²) in [7, 11) is -3.19. The topological polar surface area (TPSA) is 66.9 Å². The summed E-state index contributed by atoms with van der Waals surface area (Å²) in [5.41, 5.74) is 0.948. The second-order valence-electron chi connectivity index (χ2n) is 7.72. The van der Waals surface area contributed by atoms with Crippen molar-refractivity contribution in [3.05, 3.63) is 35.6 Å². The number of carbonyl (C=O) groups is 1. The maximum Gasteiger partial charge on any atom is 0.226 e. The van der Waals surface area contributed by atoms with Crippen LogP contribution in [0.4, 0.5) is 4.39 Å². The van der Waals surface area contributed by atoms with Gasteiger partial charge in [-0.15, -0.1) is 0 Å². The second-order valence-corrected chi connectivity index (χ2v) is 10.1. The van der Waals surface area contributed by atoms with Crippen molar-refractivity contribution in [1.82, 2.24) is 9.80 Å². The van der Waals surface area contributed by atoms with Gasteiger partial charge in [0, 0.05) is 44.6 Å². The summed E-state index contributed by atoms with van der Waals surface area (Å²) < 4.78 is 43.7. The molecule has 0 N–H and O–H groups in total. The molecule has 1 aromatic rings. The summed E-state index contributed by atoms with van der Waals surface area (Å²) in [6.07, 6.45) is 0.407. The van der Waals surface area contributed by atoms with E-state index >= 15 is 0 Å². The first-order valence-electron chi connectivity index (χ1n) is 9.49. The molecule has 3 atom stereocenters. The van der Waals surface area contributed by atoms with E-state index in [2.05, 4.69) is 4.90 Å². The average Bonchev–Trinajstić information content (AvgIpc) is 3.09. The molecule has 6 nitrogen and oxygen atoms in total. The molecule has 0 unspecified atom stereocenters. The number of halogens is 1. The number of hydrogen-bond donors (Lipinski definition) is 0. The molecular formula is C19H25FN2O4S. The maximum absolute atomic E-state index is 13.1. The number of morpholine rings is 1. The average molecular weight is 396 g/mol. The Morgan fingerprint density at radius 2 is 1.85 bits per heavy atom. The van der Waals surface area contributed by atoms with E-state index in [1.54, 1.807) is 12.1 Å². The van der Waals surface area contributed by atoms with Gasteiger partial charge in [-0.3, -0.25) is 9.69 Å². The van der Waals surface area contributed by atoms with Gasteiger partial charge in [0.2, 0.25) is 5.91 Å². The highest BCUT2D eigenvalue weighted by Crippen LogP contribution is 2.38. The van der Waals surface area contributed by atoms with Crippen molar-refractivity contribution in [2.75, 3.05) is 45.1 Å². The van der Waals surface area contributed by atoms with E-state index in [-0.39, 0.29) is 29.3 Å². The van der Waals surface area contributed by atoms with Crippen LogP contribution in [-0.4, -0.2) is 74.5 Å². The van der Waals surface area contributed by atoms with Crippen molar-refractivity contribution in [2.45, 2.75) is 18.2 Å². The van der Waals surface area contributed by atoms with Gasteiger partial charge in [0.15, 0.2) is 9.84 Å². The lowest BCUT2D eigenvalue weighted by atomic mass is 9.87. The monoisotopic (exact) mass is 396 g/mol. The van der Waals surface area contributed by atoms with Crippen LogP contribution < -0.4 is 0 Å².